The van der Waals surface area contributed by atoms with Gasteiger partial charge in [-0.2, -0.15) is 0 Å². The van der Waals surface area contributed by atoms with Crippen LogP contribution in [0, 0.1) is 17.8 Å². The van der Waals surface area contributed by atoms with Gasteiger partial charge in [0.15, 0.2) is 5.79 Å². The molecule has 0 N–H and O–H groups in total. The molecule has 1 heterocycles. The predicted octanol–water partition coefficient (Wildman–Crippen LogP) is 6.01. The van der Waals surface area contributed by atoms with Gasteiger partial charge in [0, 0.05) is 5.92 Å². The number of hydrogen-bond donors (Lipinski definition) is 0. The Morgan fingerprint density at radius 3 is 2.24 bits per heavy atom. The molecule has 0 amide bonds. The van der Waals surface area contributed by atoms with Crippen molar-refractivity contribution in [1.29, 1.82) is 0 Å². The highest BCUT2D eigenvalue weighted by Crippen LogP contribution is 2.35. The molecule has 122 valence electrons. The first kappa shape index (κ1) is 19.4. The molecule has 1 fully saturated rings. The molecular formula is C17H28Br2O2. The van der Waals surface area contributed by atoms with Crippen LogP contribution in [0.25, 0.3) is 0 Å². The van der Waals surface area contributed by atoms with Crippen molar-refractivity contribution in [3.63, 3.8) is 0 Å². The van der Waals surface area contributed by atoms with Crippen molar-refractivity contribution in [2.75, 3.05) is 0 Å². The van der Waals surface area contributed by atoms with Gasteiger partial charge in [0.05, 0.1) is 15.6 Å². The summed E-state index contributed by atoms with van der Waals surface area (Å²) in [6.07, 6.45) is 7.66. The smallest absolute Gasteiger partial charge is 0.163 e. The predicted molar refractivity (Wildman–Crippen MR) is 96.7 cm³/mol. The van der Waals surface area contributed by atoms with Crippen molar-refractivity contribution >= 4 is 31.9 Å². The molecule has 1 saturated heterocycles. The lowest BCUT2D eigenvalue weighted by Gasteiger charge is -2.21. The first-order valence-electron chi connectivity index (χ1n) is 7.67. The van der Waals surface area contributed by atoms with Crippen molar-refractivity contribution in [3.8, 4) is 0 Å². The van der Waals surface area contributed by atoms with Gasteiger partial charge in [0.25, 0.3) is 0 Å². The van der Waals surface area contributed by atoms with Crippen molar-refractivity contribution in [3.05, 3.63) is 21.6 Å². The Morgan fingerprint density at radius 2 is 1.71 bits per heavy atom. The largest absolute Gasteiger partial charge is 0.344 e. The monoisotopic (exact) mass is 422 g/mol. The molecule has 0 bridgehead atoms. The average molecular weight is 424 g/mol. The van der Waals surface area contributed by atoms with E-state index in [4.69, 9.17) is 9.47 Å². The van der Waals surface area contributed by atoms with Crippen LogP contribution in [0.1, 0.15) is 48.0 Å². The molecular weight excluding hydrogens is 396 g/mol. The number of allylic oxidation sites excluding steroid dienone is 1. The van der Waals surface area contributed by atoms with E-state index in [0.29, 0.717) is 17.8 Å². The summed E-state index contributed by atoms with van der Waals surface area (Å²) in [6.45, 7) is 12.9. The maximum Gasteiger partial charge on any atom is 0.163 e. The third-order valence-corrected chi connectivity index (χ3v) is 4.66. The van der Waals surface area contributed by atoms with E-state index in [1.807, 2.05) is 13.8 Å². The molecule has 0 unspecified atom stereocenters. The topological polar surface area (TPSA) is 18.5 Å². The summed E-state index contributed by atoms with van der Waals surface area (Å²) >= 11 is 6.80. The third kappa shape index (κ3) is 6.55. The van der Waals surface area contributed by atoms with E-state index in [2.05, 4.69) is 77.8 Å². The van der Waals surface area contributed by atoms with E-state index < -0.39 is 5.79 Å². The van der Waals surface area contributed by atoms with Gasteiger partial charge >= 0.3 is 0 Å². The zero-order valence-electron chi connectivity index (χ0n) is 13.9. The molecule has 0 aliphatic carbocycles. The van der Waals surface area contributed by atoms with Crippen LogP contribution >= 0.6 is 31.9 Å². The molecule has 0 aromatic carbocycles. The Morgan fingerprint density at radius 1 is 1.10 bits per heavy atom. The van der Waals surface area contributed by atoms with Crippen LogP contribution in [-0.2, 0) is 9.47 Å². The standard InChI is InChI=1S/C17H28Br2O2/c1-11(2)12(3)7-8-13(4)16-14(9-10-15(18)19)20-17(5,6)21-16/h7-8,10-14,16H,9H2,1-6H3/b8-7-/t12-,13-,14+,16-/m1/s1. The maximum absolute atomic E-state index is 6.11. The fourth-order valence-electron chi connectivity index (χ4n) is 2.38. The van der Waals surface area contributed by atoms with Crippen LogP contribution in [0.15, 0.2) is 21.6 Å². The number of ether oxygens (including phenoxy) is 2. The van der Waals surface area contributed by atoms with E-state index in [-0.39, 0.29) is 12.2 Å². The second-order valence-corrected chi connectivity index (χ2v) is 9.49. The fraction of sp³-hybridized carbons (Fsp3) is 0.765. The van der Waals surface area contributed by atoms with Gasteiger partial charge in [-0.15, -0.1) is 0 Å². The van der Waals surface area contributed by atoms with Gasteiger partial charge < -0.3 is 9.47 Å². The minimum Gasteiger partial charge on any atom is -0.344 e. The summed E-state index contributed by atoms with van der Waals surface area (Å²) in [4.78, 5) is 0. The molecule has 0 radical (unpaired) electrons. The Bertz CT molecular complexity index is 384. The van der Waals surface area contributed by atoms with Crippen LogP contribution in [0.4, 0.5) is 0 Å². The second-order valence-electron chi connectivity index (χ2n) is 6.72. The summed E-state index contributed by atoms with van der Waals surface area (Å²) in [5, 5.41) is 0. The summed E-state index contributed by atoms with van der Waals surface area (Å²) in [7, 11) is 0. The normalized spacial score (nSPS) is 28.0. The Labute approximate surface area is 146 Å². The molecule has 0 spiro atoms. The molecule has 0 aromatic heterocycles. The summed E-state index contributed by atoms with van der Waals surface area (Å²) in [6, 6.07) is 0. The van der Waals surface area contributed by atoms with Crippen LogP contribution in [-0.4, -0.2) is 18.0 Å². The van der Waals surface area contributed by atoms with Crippen LogP contribution < -0.4 is 0 Å². The van der Waals surface area contributed by atoms with Crippen LogP contribution in [0.3, 0.4) is 0 Å². The summed E-state index contributed by atoms with van der Waals surface area (Å²) in [5.74, 6) is 1.07. The first-order chi connectivity index (χ1) is 9.62. The molecule has 1 aliphatic rings. The maximum atomic E-state index is 6.11. The minimum absolute atomic E-state index is 0.0825. The van der Waals surface area contributed by atoms with E-state index >= 15 is 0 Å². The summed E-state index contributed by atoms with van der Waals surface area (Å²) in [5.41, 5.74) is 0. The van der Waals surface area contributed by atoms with E-state index in [0.717, 1.165) is 9.81 Å². The van der Waals surface area contributed by atoms with Gasteiger partial charge in [0.2, 0.25) is 0 Å². The Hall–Kier alpha value is 0.360. The molecule has 0 saturated carbocycles. The van der Waals surface area contributed by atoms with Gasteiger partial charge in [-0.05, 0) is 64.0 Å². The Balaban J connectivity index is 2.74. The lowest BCUT2D eigenvalue weighted by Crippen LogP contribution is -2.28. The number of halogens is 2. The van der Waals surface area contributed by atoms with Gasteiger partial charge in [-0.1, -0.05) is 45.9 Å². The number of rotatable bonds is 6. The van der Waals surface area contributed by atoms with E-state index in [9.17, 15) is 0 Å². The third-order valence-electron chi connectivity index (χ3n) is 4.01. The van der Waals surface area contributed by atoms with Gasteiger partial charge in [-0.3, -0.25) is 0 Å². The van der Waals surface area contributed by atoms with E-state index in [1.54, 1.807) is 0 Å². The van der Waals surface area contributed by atoms with Crippen molar-refractivity contribution < 1.29 is 9.47 Å². The van der Waals surface area contributed by atoms with E-state index in [1.165, 1.54) is 0 Å². The molecule has 2 nitrogen and oxygen atoms in total. The highest BCUT2D eigenvalue weighted by atomic mass is 79.9. The van der Waals surface area contributed by atoms with Crippen molar-refractivity contribution in [2.24, 2.45) is 17.8 Å². The van der Waals surface area contributed by atoms with Crippen LogP contribution in [0.5, 0.6) is 0 Å². The molecule has 0 aromatic rings. The van der Waals surface area contributed by atoms with Gasteiger partial charge in [-0.25, -0.2) is 0 Å². The second kappa shape index (κ2) is 8.28. The zero-order valence-corrected chi connectivity index (χ0v) is 17.1. The van der Waals surface area contributed by atoms with Crippen LogP contribution in [0.2, 0.25) is 0 Å². The van der Waals surface area contributed by atoms with Gasteiger partial charge in [0.1, 0.15) is 0 Å². The molecule has 4 atom stereocenters. The molecule has 1 aliphatic heterocycles. The lowest BCUT2D eigenvalue weighted by molar-refractivity contribution is -0.148. The molecule has 1 rings (SSSR count). The average Bonchev–Trinajstić information content (AvgIpc) is 2.68. The highest BCUT2D eigenvalue weighted by Gasteiger charge is 2.42. The van der Waals surface area contributed by atoms with Crippen molar-refractivity contribution in [2.45, 2.75) is 66.0 Å². The zero-order chi connectivity index (χ0) is 16.2. The SMILES string of the molecule is CC(C)[C@H](C)/C=C\[C@@H](C)[C@H]1OC(C)(C)O[C@H]1CC=C(Br)Br. The fourth-order valence-corrected chi connectivity index (χ4v) is 2.75. The molecule has 4 heteroatoms. The minimum atomic E-state index is -0.506. The molecule has 21 heavy (non-hydrogen) atoms. The van der Waals surface area contributed by atoms with Crippen molar-refractivity contribution in [1.82, 2.24) is 0 Å². The highest BCUT2D eigenvalue weighted by molar-refractivity contribution is 9.28. The first-order valence-corrected chi connectivity index (χ1v) is 9.26. The quantitative estimate of drug-likeness (QED) is 0.486. The summed E-state index contributed by atoms with van der Waals surface area (Å²) < 4.78 is 13.1. The number of hydrogen-bond acceptors (Lipinski definition) is 2. The lowest BCUT2D eigenvalue weighted by atomic mass is 9.93. The Kier molecular flexibility index (Phi) is 7.65.